The number of nitrogens with one attached hydrogen (secondary N) is 3. The van der Waals surface area contributed by atoms with Crippen LogP contribution < -0.4 is 16.0 Å². The van der Waals surface area contributed by atoms with E-state index < -0.39 is 41.7 Å². The molecule has 0 radical (unpaired) electrons. The molecule has 9 nitrogen and oxygen atoms in total. The van der Waals surface area contributed by atoms with Gasteiger partial charge in [0.15, 0.2) is 0 Å². The van der Waals surface area contributed by atoms with Gasteiger partial charge in [0.2, 0.25) is 11.8 Å². The zero-order valence-electron chi connectivity index (χ0n) is 23.6. The first-order chi connectivity index (χ1) is 19.5. The van der Waals surface area contributed by atoms with E-state index in [1.54, 1.807) is 32.9 Å². The molecule has 3 aromatic carbocycles. The SMILES string of the molecule is C[C@H](NC(=O)OCC1c2ccccc2-c2ccccc21)C(=O)NC(=O)[C@H](Cc1ccccc1)NC(=O)OC(C)(C)C. The number of alkyl carbamates (subject to hydrolysis) is 2. The van der Waals surface area contributed by atoms with Gasteiger partial charge in [0.25, 0.3) is 0 Å². The number of hydrogen-bond acceptors (Lipinski definition) is 6. The Hall–Kier alpha value is -4.66. The predicted octanol–water partition coefficient (Wildman–Crippen LogP) is 4.69. The normalized spacial score (nSPS) is 13.7. The van der Waals surface area contributed by atoms with E-state index in [0.29, 0.717) is 0 Å². The lowest BCUT2D eigenvalue weighted by Crippen LogP contribution is -2.54. The van der Waals surface area contributed by atoms with Crippen molar-refractivity contribution in [3.05, 3.63) is 95.6 Å². The van der Waals surface area contributed by atoms with Crippen molar-refractivity contribution in [1.29, 1.82) is 0 Å². The molecule has 41 heavy (non-hydrogen) atoms. The van der Waals surface area contributed by atoms with Gasteiger partial charge in [-0.2, -0.15) is 0 Å². The number of benzene rings is 3. The van der Waals surface area contributed by atoms with Crippen molar-refractivity contribution in [3.63, 3.8) is 0 Å². The fourth-order valence-electron chi connectivity index (χ4n) is 4.71. The molecule has 0 aliphatic heterocycles. The van der Waals surface area contributed by atoms with E-state index in [1.165, 1.54) is 6.92 Å². The molecule has 0 saturated heterocycles. The second kappa shape index (κ2) is 12.7. The second-order valence-electron chi connectivity index (χ2n) is 10.9. The smallest absolute Gasteiger partial charge is 0.408 e. The second-order valence-corrected chi connectivity index (χ2v) is 10.9. The van der Waals surface area contributed by atoms with Gasteiger partial charge >= 0.3 is 12.2 Å². The Kier molecular flexibility index (Phi) is 9.07. The molecule has 4 rings (SSSR count). The number of ether oxygens (including phenoxy) is 2. The van der Waals surface area contributed by atoms with E-state index in [4.69, 9.17) is 9.47 Å². The van der Waals surface area contributed by atoms with Crippen LogP contribution in [0.25, 0.3) is 11.1 Å². The molecule has 214 valence electrons. The predicted molar refractivity (Wildman–Crippen MR) is 154 cm³/mol. The van der Waals surface area contributed by atoms with Crippen LogP contribution >= 0.6 is 0 Å². The first-order valence-corrected chi connectivity index (χ1v) is 13.5. The van der Waals surface area contributed by atoms with Gasteiger partial charge in [0.05, 0.1) is 0 Å². The number of carbonyl (C=O) groups is 4. The van der Waals surface area contributed by atoms with E-state index in [0.717, 1.165) is 27.8 Å². The topological polar surface area (TPSA) is 123 Å². The van der Waals surface area contributed by atoms with E-state index in [2.05, 4.69) is 16.0 Å². The summed E-state index contributed by atoms with van der Waals surface area (Å²) in [5.74, 6) is -1.60. The van der Waals surface area contributed by atoms with Crippen molar-refractivity contribution in [2.24, 2.45) is 0 Å². The van der Waals surface area contributed by atoms with Crippen LogP contribution in [-0.2, 0) is 25.5 Å². The highest BCUT2D eigenvalue weighted by atomic mass is 16.6. The summed E-state index contributed by atoms with van der Waals surface area (Å²) in [5, 5.41) is 7.30. The average Bonchev–Trinajstić information content (AvgIpc) is 3.24. The molecule has 1 aliphatic rings. The van der Waals surface area contributed by atoms with Crippen molar-refractivity contribution in [2.45, 2.75) is 57.7 Å². The van der Waals surface area contributed by atoms with E-state index >= 15 is 0 Å². The van der Waals surface area contributed by atoms with Gasteiger partial charge in [-0.15, -0.1) is 0 Å². The summed E-state index contributed by atoms with van der Waals surface area (Å²) < 4.78 is 10.8. The van der Waals surface area contributed by atoms with Crippen LogP contribution in [0.2, 0.25) is 0 Å². The van der Waals surface area contributed by atoms with Crippen LogP contribution in [0, 0.1) is 0 Å². The summed E-state index contributed by atoms with van der Waals surface area (Å²) in [7, 11) is 0. The highest BCUT2D eigenvalue weighted by Gasteiger charge is 2.30. The van der Waals surface area contributed by atoms with Crippen LogP contribution in [0.1, 0.15) is 50.3 Å². The van der Waals surface area contributed by atoms with Crippen LogP contribution in [0.3, 0.4) is 0 Å². The molecule has 9 heteroatoms. The summed E-state index contributed by atoms with van der Waals surface area (Å²) in [6, 6.07) is 22.9. The lowest BCUT2D eigenvalue weighted by molar-refractivity contribution is -0.132. The maximum Gasteiger partial charge on any atom is 0.408 e. The van der Waals surface area contributed by atoms with Crippen molar-refractivity contribution in [2.75, 3.05) is 6.61 Å². The molecular weight excluding hydrogens is 522 g/mol. The Bertz CT molecular complexity index is 1370. The van der Waals surface area contributed by atoms with E-state index in [9.17, 15) is 19.2 Å². The maximum absolute atomic E-state index is 13.0. The first kappa shape index (κ1) is 29.3. The molecule has 0 saturated carbocycles. The van der Waals surface area contributed by atoms with Gasteiger partial charge in [-0.3, -0.25) is 14.9 Å². The fourth-order valence-corrected chi connectivity index (χ4v) is 4.71. The number of rotatable bonds is 8. The molecule has 0 aromatic heterocycles. The van der Waals surface area contributed by atoms with Crippen molar-refractivity contribution < 1.29 is 28.7 Å². The van der Waals surface area contributed by atoms with E-state index in [1.807, 2.05) is 66.7 Å². The van der Waals surface area contributed by atoms with Crippen LogP contribution in [0.4, 0.5) is 9.59 Å². The quantitative estimate of drug-likeness (QED) is 0.369. The highest BCUT2D eigenvalue weighted by molar-refractivity contribution is 6.01. The minimum atomic E-state index is -1.09. The lowest BCUT2D eigenvalue weighted by atomic mass is 9.98. The monoisotopic (exact) mass is 557 g/mol. The molecule has 1 aliphatic carbocycles. The van der Waals surface area contributed by atoms with Crippen LogP contribution in [0.15, 0.2) is 78.9 Å². The van der Waals surface area contributed by atoms with Gasteiger partial charge in [-0.1, -0.05) is 78.9 Å². The Labute approximate surface area is 239 Å². The van der Waals surface area contributed by atoms with Gasteiger partial charge in [0.1, 0.15) is 24.3 Å². The Morgan fingerprint density at radius 3 is 1.90 bits per heavy atom. The molecule has 0 fully saturated rings. The number of imide groups is 1. The average molecular weight is 558 g/mol. The number of amides is 4. The van der Waals surface area contributed by atoms with Gasteiger partial charge in [0, 0.05) is 12.3 Å². The fraction of sp³-hybridized carbons (Fsp3) is 0.312. The molecule has 2 atom stereocenters. The van der Waals surface area contributed by atoms with Crippen molar-refractivity contribution in [1.82, 2.24) is 16.0 Å². The summed E-state index contributed by atoms with van der Waals surface area (Å²) in [6.45, 7) is 6.65. The van der Waals surface area contributed by atoms with Gasteiger partial charge in [-0.25, -0.2) is 9.59 Å². The van der Waals surface area contributed by atoms with E-state index in [-0.39, 0.29) is 18.9 Å². The first-order valence-electron chi connectivity index (χ1n) is 13.5. The standard InChI is InChI=1S/C32H35N3O6/c1-20(33-30(38)40-19-26-24-16-10-8-14-22(24)23-15-9-11-17-25(23)26)28(36)35-29(37)27(18-21-12-6-5-7-13-21)34-31(39)41-32(2,3)4/h5-17,20,26-27H,18-19H2,1-4H3,(H,33,38)(H,34,39)(H,35,36,37)/t20-,27-/m0/s1. The largest absolute Gasteiger partial charge is 0.449 e. The molecule has 3 N–H and O–H groups in total. The number of fused-ring (bicyclic) bond motifs is 3. The molecular formula is C32H35N3O6. The molecule has 0 spiro atoms. The van der Waals surface area contributed by atoms with Crippen LogP contribution in [0.5, 0.6) is 0 Å². The maximum atomic E-state index is 13.0. The number of hydrogen-bond donors (Lipinski definition) is 3. The number of carbonyl (C=O) groups excluding carboxylic acids is 4. The van der Waals surface area contributed by atoms with Gasteiger partial charge < -0.3 is 20.1 Å². The summed E-state index contributed by atoms with van der Waals surface area (Å²) in [5.41, 5.74) is 4.36. The van der Waals surface area contributed by atoms with Crippen molar-refractivity contribution >= 4 is 24.0 Å². The van der Waals surface area contributed by atoms with Crippen molar-refractivity contribution in [3.8, 4) is 11.1 Å². The Morgan fingerprint density at radius 1 is 0.756 bits per heavy atom. The minimum Gasteiger partial charge on any atom is -0.449 e. The minimum absolute atomic E-state index is 0.0894. The summed E-state index contributed by atoms with van der Waals surface area (Å²) >= 11 is 0. The van der Waals surface area contributed by atoms with Gasteiger partial charge in [-0.05, 0) is 55.5 Å². The zero-order valence-corrected chi connectivity index (χ0v) is 23.6. The third-order valence-electron chi connectivity index (χ3n) is 6.61. The molecule has 4 amide bonds. The molecule has 0 bridgehead atoms. The summed E-state index contributed by atoms with van der Waals surface area (Å²) in [4.78, 5) is 50.8. The molecule has 0 unspecified atom stereocenters. The Morgan fingerprint density at radius 2 is 1.32 bits per heavy atom. The highest BCUT2D eigenvalue weighted by Crippen LogP contribution is 2.44. The molecule has 3 aromatic rings. The lowest BCUT2D eigenvalue weighted by Gasteiger charge is -2.23. The Balaban J connectivity index is 1.34. The third kappa shape index (κ3) is 7.72. The molecule has 0 heterocycles. The van der Waals surface area contributed by atoms with Crippen LogP contribution in [-0.4, -0.2) is 48.3 Å². The zero-order chi connectivity index (χ0) is 29.6. The third-order valence-corrected chi connectivity index (χ3v) is 6.61. The summed E-state index contributed by atoms with van der Waals surface area (Å²) in [6.07, 6.45) is -1.44.